The normalized spacial score (nSPS) is 11.7. The summed E-state index contributed by atoms with van der Waals surface area (Å²) in [7, 11) is 1.92. The van der Waals surface area contributed by atoms with Gasteiger partial charge < -0.3 is 9.55 Å². The summed E-state index contributed by atoms with van der Waals surface area (Å²) in [6.45, 7) is 1.98. The highest BCUT2D eigenvalue weighted by Gasteiger charge is 2.15. The van der Waals surface area contributed by atoms with Gasteiger partial charge in [-0.1, -0.05) is 6.07 Å². The molecule has 6 aromatic rings. The topological polar surface area (TPSA) is 93.0 Å². The Labute approximate surface area is 171 Å². The van der Waals surface area contributed by atoms with Gasteiger partial charge in [-0.2, -0.15) is 10.2 Å². The molecule has 5 heterocycles. The molecule has 2 N–H and O–H groups in total. The van der Waals surface area contributed by atoms with Crippen molar-refractivity contribution in [3.05, 3.63) is 67.1 Å². The summed E-state index contributed by atoms with van der Waals surface area (Å²) in [5, 5.41) is 14.1. The van der Waals surface area contributed by atoms with E-state index in [9.17, 15) is 0 Å². The highest BCUT2D eigenvalue weighted by molar-refractivity contribution is 5.98. The number of imidazole rings is 1. The number of pyridine rings is 1. The van der Waals surface area contributed by atoms with Crippen LogP contribution >= 0.6 is 0 Å². The Kier molecular flexibility index (Phi) is 3.43. The standard InChI is InChI=1S/C22H18N8/c1-13-10-30(12-24-13)20-5-6-23-22-17(20)8-19(26-22)21-16-7-14(3-4-18(16)27-28-21)15-9-25-29(2)11-15/h3-12H,1-2H3,(H,23,26)(H,27,28). The SMILES string of the molecule is Cc1cn(-c2ccnc3[nH]c(-c4n[nH]c5ccc(-c6cnn(C)c6)cc45)cc23)cn1. The Morgan fingerprint density at radius 1 is 0.967 bits per heavy atom. The van der Waals surface area contributed by atoms with Gasteiger partial charge >= 0.3 is 0 Å². The van der Waals surface area contributed by atoms with Crippen molar-refractivity contribution in [1.82, 2.24) is 39.5 Å². The number of nitrogens with zero attached hydrogens (tertiary/aromatic N) is 6. The Balaban J connectivity index is 1.52. The first kappa shape index (κ1) is 16.7. The van der Waals surface area contributed by atoms with Gasteiger partial charge in [-0.05, 0) is 36.8 Å². The number of rotatable bonds is 3. The number of aromatic amines is 2. The number of nitrogens with one attached hydrogen (secondary N) is 2. The van der Waals surface area contributed by atoms with E-state index in [1.807, 2.05) is 49.5 Å². The molecular formula is C22H18N8. The molecule has 8 heteroatoms. The average Bonchev–Trinajstić information content (AvgIpc) is 3.52. The van der Waals surface area contributed by atoms with Crippen molar-refractivity contribution >= 4 is 21.9 Å². The molecule has 0 aliphatic rings. The molecule has 0 saturated carbocycles. The van der Waals surface area contributed by atoms with Crippen LogP contribution in [0.3, 0.4) is 0 Å². The number of aryl methyl sites for hydroxylation is 2. The Morgan fingerprint density at radius 2 is 1.90 bits per heavy atom. The van der Waals surface area contributed by atoms with E-state index in [0.29, 0.717) is 0 Å². The number of H-pyrrole nitrogens is 2. The lowest BCUT2D eigenvalue weighted by Crippen LogP contribution is -1.91. The molecule has 0 amide bonds. The van der Waals surface area contributed by atoms with E-state index in [1.165, 1.54) is 0 Å². The van der Waals surface area contributed by atoms with E-state index in [1.54, 1.807) is 10.9 Å². The largest absolute Gasteiger partial charge is 0.338 e. The first-order valence-electron chi connectivity index (χ1n) is 9.62. The second kappa shape index (κ2) is 6.15. The molecule has 0 atom stereocenters. The van der Waals surface area contributed by atoms with Crippen LogP contribution in [0.1, 0.15) is 5.69 Å². The Hall–Kier alpha value is -4.20. The molecule has 5 aromatic heterocycles. The molecule has 0 bridgehead atoms. The predicted molar refractivity (Wildman–Crippen MR) is 115 cm³/mol. The maximum atomic E-state index is 4.58. The highest BCUT2D eigenvalue weighted by atomic mass is 15.2. The van der Waals surface area contributed by atoms with Crippen molar-refractivity contribution in [2.75, 3.05) is 0 Å². The fourth-order valence-corrected chi connectivity index (χ4v) is 3.89. The number of fused-ring (bicyclic) bond motifs is 2. The summed E-state index contributed by atoms with van der Waals surface area (Å²) >= 11 is 0. The van der Waals surface area contributed by atoms with Crippen LogP contribution in [-0.2, 0) is 7.05 Å². The van der Waals surface area contributed by atoms with Crippen LogP contribution in [0.4, 0.5) is 0 Å². The monoisotopic (exact) mass is 394 g/mol. The second-order valence-corrected chi connectivity index (χ2v) is 7.43. The Morgan fingerprint density at radius 3 is 2.70 bits per heavy atom. The fourth-order valence-electron chi connectivity index (χ4n) is 3.89. The molecular weight excluding hydrogens is 376 g/mol. The summed E-state index contributed by atoms with van der Waals surface area (Å²) in [6, 6.07) is 10.4. The van der Waals surface area contributed by atoms with Crippen LogP contribution in [0.15, 0.2) is 61.4 Å². The van der Waals surface area contributed by atoms with Crippen molar-refractivity contribution in [3.8, 4) is 28.2 Å². The average molecular weight is 394 g/mol. The van der Waals surface area contributed by atoms with Crippen LogP contribution < -0.4 is 0 Å². The number of aromatic nitrogens is 8. The maximum Gasteiger partial charge on any atom is 0.139 e. The molecule has 0 spiro atoms. The van der Waals surface area contributed by atoms with Gasteiger partial charge in [-0.25, -0.2) is 9.97 Å². The summed E-state index contributed by atoms with van der Waals surface area (Å²) in [5.74, 6) is 0. The van der Waals surface area contributed by atoms with Crippen molar-refractivity contribution < 1.29 is 0 Å². The van der Waals surface area contributed by atoms with Crippen molar-refractivity contribution in [1.29, 1.82) is 0 Å². The molecule has 0 aliphatic carbocycles. The van der Waals surface area contributed by atoms with Gasteiger partial charge in [0.15, 0.2) is 0 Å². The lowest BCUT2D eigenvalue weighted by atomic mass is 10.1. The smallest absolute Gasteiger partial charge is 0.139 e. The van der Waals surface area contributed by atoms with Gasteiger partial charge in [-0.3, -0.25) is 9.78 Å². The third-order valence-corrected chi connectivity index (χ3v) is 5.35. The molecule has 1 aromatic carbocycles. The molecule has 0 radical (unpaired) electrons. The number of hydrogen-bond donors (Lipinski definition) is 2. The van der Waals surface area contributed by atoms with E-state index in [4.69, 9.17) is 0 Å². The third kappa shape index (κ3) is 2.54. The van der Waals surface area contributed by atoms with Gasteiger partial charge in [-0.15, -0.1) is 0 Å². The van der Waals surface area contributed by atoms with E-state index >= 15 is 0 Å². The summed E-state index contributed by atoms with van der Waals surface area (Å²) < 4.78 is 3.82. The summed E-state index contributed by atoms with van der Waals surface area (Å²) in [6.07, 6.45) is 9.50. The van der Waals surface area contributed by atoms with Crippen LogP contribution in [0.25, 0.3) is 50.1 Å². The first-order valence-corrected chi connectivity index (χ1v) is 9.62. The zero-order valence-electron chi connectivity index (χ0n) is 16.5. The first-order chi connectivity index (χ1) is 14.7. The molecule has 0 saturated heterocycles. The van der Waals surface area contributed by atoms with Crippen molar-refractivity contribution in [3.63, 3.8) is 0 Å². The lowest BCUT2D eigenvalue weighted by Gasteiger charge is -2.02. The molecule has 0 fully saturated rings. The predicted octanol–water partition coefficient (Wildman–Crippen LogP) is 4.00. The van der Waals surface area contributed by atoms with Gasteiger partial charge in [0.1, 0.15) is 11.3 Å². The minimum Gasteiger partial charge on any atom is -0.338 e. The molecule has 8 nitrogen and oxygen atoms in total. The second-order valence-electron chi connectivity index (χ2n) is 7.43. The fraction of sp³-hybridized carbons (Fsp3) is 0.0909. The van der Waals surface area contributed by atoms with E-state index < -0.39 is 0 Å². The van der Waals surface area contributed by atoms with Gasteiger partial charge in [0.2, 0.25) is 0 Å². The number of hydrogen-bond acceptors (Lipinski definition) is 4. The summed E-state index contributed by atoms with van der Waals surface area (Å²) in [4.78, 5) is 12.3. The van der Waals surface area contributed by atoms with E-state index in [2.05, 4.69) is 54.5 Å². The van der Waals surface area contributed by atoms with Crippen LogP contribution in [0.2, 0.25) is 0 Å². The molecule has 6 rings (SSSR count). The minimum absolute atomic E-state index is 0.813. The van der Waals surface area contributed by atoms with E-state index in [-0.39, 0.29) is 0 Å². The molecule has 0 aliphatic heterocycles. The zero-order chi connectivity index (χ0) is 20.2. The summed E-state index contributed by atoms with van der Waals surface area (Å²) in [5.41, 5.74) is 7.74. The quantitative estimate of drug-likeness (QED) is 0.474. The third-order valence-electron chi connectivity index (χ3n) is 5.35. The van der Waals surface area contributed by atoms with Crippen LogP contribution in [0.5, 0.6) is 0 Å². The molecule has 146 valence electrons. The van der Waals surface area contributed by atoms with Gasteiger partial charge in [0.05, 0.1) is 35.1 Å². The van der Waals surface area contributed by atoms with Gasteiger partial charge in [0, 0.05) is 42.0 Å². The van der Waals surface area contributed by atoms with Crippen LogP contribution in [-0.4, -0.2) is 39.5 Å². The van der Waals surface area contributed by atoms with Crippen molar-refractivity contribution in [2.45, 2.75) is 6.92 Å². The minimum atomic E-state index is 0.813. The van der Waals surface area contributed by atoms with Gasteiger partial charge in [0.25, 0.3) is 0 Å². The highest BCUT2D eigenvalue weighted by Crippen LogP contribution is 2.32. The molecule has 30 heavy (non-hydrogen) atoms. The zero-order valence-corrected chi connectivity index (χ0v) is 16.5. The lowest BCUT2D eigenvalue weighted by molar-refractivity contribution is 0.768. The van der Waals surface area contributed by atoms with E-state index in [0.717, 1.165) is 55.8 Å². The van der Waals surface area contributed by atoms with Crippen molar-refractivity contribution in [2.24, 2.45) is 7.05 Å². The van der Waals surface area contributed by atoms with Crippen LogP contribution in [0, 0.1) is 6.92 Å². The Bertz CT molecular complexity index is 1530. The molecule has 0 unspecified atom stereocenters. The number of benzene rings is 1. The maximum absolute atomic E-state index is 4.58.